The van der Waals surface area contributed by atoms with Gasteiger partial charge in [-0.05, 0) is 38.1 Å². The van der Waals surface area contributed by atoms with Gasteiger partial charge < -0.3 is 14.7 Å². The molecule has 1 N–H and O–H groups in total. The Kier molecular flexibility index (Phi) is 6.23. The van der Waals surface area contributed by atoms with E-state index in [1.807, 2.05) is 44.3 Å². The number of aliphatic hydroxyl groups is 1. The van der Waals surface area contributed by atoms with E-state index in [1.54, 1.807) is 6.33 Å². The second-order valence-electron chi connectivity index (χ2n) is 7.27. The van der Waals surface area contributed by atoms with Crippen LogP contribution in [0.1, 0.15) is 17.7 Å². The maximum Gasteiger partial charge on any atom is 0.132 e. The zero-order chi connectivity index (χ0) is 19.3. The number of aryl methyl sites for hydroxylation is 1. The molecule has 0 amide bonds. The van der Waals surface area contributed by atoms with E-state index >= 15 is 0 Å². The Bertz CT molecular complexity index is 743. The first-order valence-electron chi connectivity index (χ1n) is 9.20. The lowest BCUT2D eigenvalue weighted by molar-refractivity contribution is 0.0279. The highest BCUT2D eigenvalue weighted by Gasteiger charge is 2.37. The van der Waals surface area contributed by atoms with Crippen LogP contribution in [-0.4, -0.2) is 65.5 Å². The average molecular weight is 374 g/mol. The van der Waals surface area contributed by atoms with Gasteiger partial charge in [-0.1, -0.05) is 12.1 Å². The highest BCUT2D eigenvalue weighted by Crippen LogP contribution is 2.26. The van der Waals surface area contributed by atoms with Crippen LogP contribution in [-0.2, 0) is 6.54 Å². The van der Waals surface area contributed by atoms with E-state index in [1.165, 1.54) is 0 Å². The van der Waals surface area contributed by atoms with Crippen molar-refractivity contribution in [3.63, 3.8) is 0 Å². The molecule has 0 radical (unpaired) electrons. The zero-order valence-electron chi connectivity index (χ0n) is 15.9. The molecule has 2 heterocycles. The molecule has 7 heteroatoms. The number of nitrogens with zero attached hydrogens (tertiary/aromatic N) is 4. The summed E-state index contributed by atoms with van der Waals surface area (Å²) >= 11 is 0. The molecule has 1 aromatic carbocycles. The van der Waals surface area contributed by atoms with E-state index in [4.69, 9.17) is 4.74 Å². The smallest absolute Gasteiger partial charge is 0.132 e. The minimum Gasteiger partial charge on any atom is -0.491 e. The van der Waals surface area contributed by atoms with E-state index in [-0.39, 0.29) is 6.61 Å². The van der Waals surface area contributed by atoms with Gasteiger partial charge in [-0.25, -0.2) is 14.4 Å². The third-order valence-electron chi connectivity index (χ3n) is 4.73. The molecule has 0 spiro atoms. The molecule has 3 rings (SSSR count). The zero-order valence-corrected chi connectivity index (χ0v) is 15.9. The molecule has 2 aromatic rings. The molecule has 0 saturated carbocycles. The van der Waals surface area contributed by atoms with Gasteiger partial charge in [-0.3, -0.25) is 4.90 Å². The quantitative estimate of drug-likeness (QED) is 0.764. The van der Waals surface area contributed by atoms with Crippen LogP contribution in [0, 0.1) is 6.92 Å². The lowest BCUT2D eigenvalue weighted by Gasteiger charge is -2.29. The first kappa shape index (κ1) is 19.5. The van der Waals surface area contributed by atoms with Crippen molar-refractivity contribution in [1.82, 2.24) is 14.9 Å². The number of hydrogen-bond acceptors (Lipinski definition) is 6. The van der Waals surface area contributed by atoms with Crippen LogP contribution in [0.3, 0.4) is 0 Å². The molecule has 146 valence electrons. The topological polar surface area (TPSA) is 61.7 Å². The molecule has 27 heavy (non-hydrogen) atoms. The van der Waals surface area contributed by atoms with Crippen LogP contribution in [0.4, 0.5) is 10.2 Å². The molecule has 1 fully saturated rings. The summed E-state index contributed by atoms with van der Waals surface area (Å²) < 4.78 is 17.4. The van der Waals surface area contributed by atoms with Crippen molar-refractivity contribution in [3.05, 3.63) is 47.9 Å². The van der Waals surface area contributed by atoms with Crippen molar-refractivity contribution in [2.24, 2.45) is 0 Å². The number of alkyl halides is 1. The van der Waals surface area contributed by atoms with Crippen LogP contribution in [0.15, 0.2) is 36.7 Å². The van der Waals surface area contributed by atoms with Crippen molar-refractivity contribution in [3.8, 4) is 5.75 Å². The number of benzene rings is 1. The summed E-state index contributed by atoms with van der Waals surface area (Å²) in [5.41, 5.74) is 1.28. The summed E-state index contributed by atoms with van der Waals surface area (Å²) in [6.45, 7) is 4.16. The standard InChI is InChI=1S/C20H27FN4O2/c1-16-11-19(23-15-22-16)25-9-7-20(26,14-25)13-24(2)12-17-3-5-18(6-4-17)27-10-8-21/h3-6,11,15,26H,7-10,12-14H2,1-2H3/t20-/m0/s1. The molecule has 0 unspecified atom stereocenters. The SMILES string of the molecule is Cc1cc(N2CC[C@](O)(CN(C)Cc3ccc(OCCF)cc3)C2)ncn1. The van der Waals surface area contributed by atoms with Gasteiger partial charge in [0, 0.05) is 37.9 Å². The summed E-state index contributed by atoms with van der Waals surface area (Å²) in [5, 5.41) is 11.0. The van der Waals surface area contributed by atoms with Gasteiger partial charge in [-0.15, -0.1) is 0 Å². The average Bonchev–Trinajstić information content (AvgIpc) is 3.03. The van der Waals surface area contributed by atoms with Crippen molar-refractivity contribution in [1.29, 1.82) is 0 Å². The van der Waals surface area contributed by atoms with Crippen molar-refractivity contribution in [2.45, 2.75) is 25.5 Å². The summed E-state index contributed by atoms with van der Waals surface area (Å²) in [6.07, 6.45) is 2.27. The highest BCUT2D eigenvalue weighted by atomic mass is 19.1. The highest BCUT2D eigenvalue weighted by molar-refractivity contribution is 5.41. The van der Waals surface area contributed by atoms with E-state index in [0.29, 0.717) is 25.3 Å². The largest absolute Gasteiger partial charge is 0.491 e. The van der Waals surface area contributed by atoms with Gasteiger partial charge in [-0.2, -0.15) is 0 Å². The molecule has 1 aliphatic heterocycles. The van der Waals surface area contributed by atoms with Crippen molar-refractivity contribution < 1.29 is 14.2 Å². The number of rotatable bonds is 8. The molecule has 1 atom stereocenters. The Morgan fingerprint density at radius 3 is 2.78 bits per heavy atom. The molecular weight excluding hydrogens is 347 g/mol. The monoisotopic (exact) mass is 374 g/mol. The van der Waals surface area contributed by atoms with Gasteiger partial charge in [0.25, 0.3) is 0 Å². The Hall–Kier alpha value is -2.25. The second kappa shape index (κ2) is 8.63. The van der Waals surface area contributed by atoms with Gasteiger partial charge in [0.2, 0.25) is 0 Å². The fourth-order valence-electron chi connectivity index (χ4n) is 3.51. The Labute approximate surface area is 159 Å². The second-order valence-corrected chi connectivity index (χ2v) is 7.27. The Balaban J connectivity index is 1.53. The van der Waals surface area contributed by atoms with Gasteiger partial charge in [0.15, 0.2) is 0 Å². The van der Waals surface area contributed by atoms with Crippen LogP contribution in [0.25, 0.3) is 0 Å². The maximum absolute atomic E-state index is 12.1. The molecule has 1 saturated heterocycles. The molecule has 1 aliphatic rings. The lowest BCUT2D eigenvalue weighted by atomic mass is 10.0. The maximum atomic E-state index is 12.1. The van der Waals surface area contributed by atoms with E-state index in [0.717, 1.165) is 30.2 Å². The van der Waals surface area contributed by atoms with E-state index in [2.05, 4.69) is 19.8 Å². The third-order valence-corrected chi connectivity index (χ3v) is 4.73. The predicted molar refractivity (Wildman–Crippen MR) is 103 cm³/mol. The number of aromatic nitrogens is 2. The Morgan fingerprint density at radius 1 is 1.30 bits per heavy atom. The normalized spacial score (nSPS) is 19.7. The molecule has 6 nitrogen and oxygen atoms in total. The van der Waals surface area contributed by atoms with Gasteiger partial charge >= 0.3 is 0 Å². The molecule has 0 aliphatic carbocycles. The predicted octanol–water partition coefficient (Wildman–Crippen LogP) is 2.21. The van der Waals surface area contributed by atoms with Crippen molar-refractivity contribution in [2.75, 3.05) is 44.9 Å². The van der Waals surface area contributed by atoms with Crippen LogP contribution in [0.2, 0.25) is 0 Å². The lowest BCUT2D eigenvalue weighted by Crippen LogP contribution is -2.43. The third kappa shape index (κ3) is 5.37. The van der Waals surface area contributed by atoms with Gasteiger partial charge in [0.05, 0.1) is 5.60 Å². The summed E-state index contributed by atoms with van der Waals surface area (Å²) in [5.74, 6) is 1.54. The number of ether oxygens (including phenoxy) is 1. The number of likely N-dealkylation sites (N-methyl/N-ethyl adjacent to an activating group) is 1. The minimum absolute atomic E-state index is 0.0780. The first-order valence-corrected chi connectivity index (χ1v) is 9.20. The van der Waals surface area contributed by atoms with Crippen LogP contribution < -0.4 is 9.64 Å². The summed E-state index contributed by atoms with van der Waals surface area (Å²) in [7, 11) is 2.00. The number of β-amino-alcohol motifs (C(OH)–C–C–N with tert-alkyl or cyclic N) is 1. The molecule has 0 bridgehead atoms. The fraction of sp³-hybridized carbons (Fsp3) is 0.500. The van der Waals surface area contributed by atoms with Crippen LogP contribution in [0.5, 0.6) is 5.75 Å². The number of hydrogen-bond donors (Lipinski definition) is 1. The molecular formula is C20H27FN4O2. The number of halogens is 1. The molecule has 1 aromatic heterocycles. The Morgan fingerprint density at radius 2 is 2.07 bits per heavy atom. The van der Waals surface area contributed by atoms with E-state index in [9.17, 15) is 9.50 Å². The van der Waals surface area contributed by atoms with Crippen LogP contribution >= 0.6 is 0 Å². The van der Waals surface area contributed by atoms with Crippen molar-refractivity contribution >= 4 is 5.82 Å². The summed E-state index contributed by atoms with van der Waals surface area (Å²) in [4.78, 5) is 12.7. The summed E-state index contributed by atoms with van der Waals surface area (Å²) in [6, 6.07) is 9.59. The minimum atomic E-state index is -0.766. The first-order chi connectivity index (χ1) is 13.0. The fourth-order valence-corrected chi connectivity index (χ4v) is 3.51. The van der Waals surface area contributed by atoms with Gasteiger partial charge in [0.1, 0.15) is 31.2 Å². The van der Waals surface area contributed by atoms with E-state index < -0.39 is 12.3 Å². The number of anilines is 1.